The van der Waals surface area contributed by atoms with Crippen LogP contribution in [0.2, 0.25) is 0 Å². The molecule has 0 aliphatic carbocycles. The Balaban J connectivity index is 1.99. The summed E-state index contributed by atoms with van der Waals surface area (Å²) in [4.78, 5) is 7.43. The Kier molecular flexibility index (Phi) is 6.81. The highest BCUT2D eigenvalue weighted by molar-refractivity contribution is 5.75. The Morgan fingerprint density at radius 1 is 1.06 bits per heavy atom. The van der Waals surface area contributed by atoms with Crippen molar-refractivity contribution < 1.29 is 4.74 Å². The van der Waals surface area contributed by atoms with Gasteiger partial charge in [0.05, 0.1) is 18.3 Å². The van der Waals surface area contributed by atoms with Crippen molar-refractivity contribution in [1.82, 2.24) is 14.6 Å². The van der Waals surface area contributed by atoms with Gasteiger partial charge in [-0.05, 0) is 82.1 Å². The normalized spacial score (nSPS) is 16.2. The zero-order valence-corrected chi connectivity index (χ0v) is 21.7. The lowest BCUT2D eigenvalue weighted by Crippen LogP contribution is -2.41. The average Bonchev–Trinajstić information content (AvgIpc) is 3.14. The monoisotopic (exact) mass is 448 g/mol. The highest BCUT2D eigenvalue weighted by Crippen LogP contribution is 2.43. The zero-order chi connectivity index (χ0) is 23.9. The quantitative estimate of drug-likeness (QED) is 0.422. The van der Waals surface area contributed by atoms with Crippen LogP contribution in [0.25, 0.3) is 5.65 Å². The minimum absolute atomic E-state index is 0.262. The molecule has 0 saturated carbocycles. The fourth-order valence-electron chi connectivity index (χ4n) is 5.81. The van der Waals surface area contributed by atoms with E-state index in [0.29, 0.717) is 12.5 Å². The summed E-state index contributed by atoms with van der Waals surface area (Å²) in [7, 11) is 1.81. The third kappa shape index (κ3) is 4.16. The predicted octanol–water partition coefficient (Wildman–Crippen LogP) is 6.35. The molecular weight excluding hydrogens is 408 g/mol. The van der Waals surface area contributed by atoms with Crippen molar-refractivity contribution in [1.29, 1.82) is 0 Å². The van der Waals surface area contributed by atoms with Crippen LogP contribution in [-0.4, -0.2) is 34.4 Å². The van der Waals surface area contributed by atoms with Crippen LogP contribution in [0.1, 0.15) is 72.3 Å². The number of fused-ring (bicyclic) bond motifs is 3. The van der Waals surface area contributed by atoms with E-state index in [1.165, 1.54) is 52.2 Å². The fourth-order valence-corrected chi connectivity index (χ4v) is 5.81. The number of methoxy groups -OCH3 is 1. The molecule has 3 aromatic rings. The first-order valence-electron chi connectivity index (χ1n) is 12.5. The number of nitrogens with zero attached hydrogens (tertiary/aromatic N) is 4. The molecular formula is C28H40N4O. The second kappa shape index (κ2) is 9.46. The third-order valence-electron chi connectivity index (χ3n) is 7.66. The second-order valence-corrected chi connectivity index (χ2v) is 9.92. The Bertz CT molecular complexity index is 1160. The van der Waals surface area contributed by atoms with Crippen molar-refractivity contribution in [3.63, 3.8) is 0 Å². The van der Waals surface area contributed by atoms with Crippen LogP contribution < -0.4 is 4.90 Å². The molecule has 4 rings (SSSR count). The molecule has 1 aromatic carbocycles. The van der Waals surface area contributed by atoms with Crippen molar-refractivity contribution in [3.8, 4) is 0 Å². The van der Waals surface area contributed by atoms with E-state index in [-0.39, 0.29) is 6.04 Å². The van der Waals surface area contributed by atoms with Crippen LogP contribution in [0.15, 0.2) is 12.1 Å². The van der Waals surface area contributed by atoms with E-state index in [0.717, 1.165) is 36.3 Å². The molecule has 0 saturated heterocycles. The molecule has 0 N–H and O–H groups in total. The molecule has 1 aliphatic heterocycles. The van der Waals surface area contributed by atoms with Gasteiger partial charge in [0.15, 0.2) is 5.65 Å². The van der Waals surface area contributed by atoms with Crippen molar-refractivity contribution in [2.75, 3.05) is 18.6 Å². The number of rotatable bonds is 7. The number of anilines is 2. The van der Waals surface area contributed by atoms with Gasteiger partial charge in [-0.15, -0.1) is 0 Å². The van der Waals surface area contributed by atoms with E-state index in [1.807, 2.05) is 14.0 Å². The Hall–Kier alpha value is -2.40. The van der Waals surface area contributed by atoms with Gasteiger partial charge in [0, 0.05) is 30.1 Å². The molecule has 5 nitrogen and oxygen atoms in total. The van der Waals surface area contributed by atoms with Gasteiger partial charge in [0.1, 0.15) is 5.82 Å². The van der Waals surface area contributed by atoms with Gasteiger partial charge in [0.2, 0.25) is 0 Å². The molecule has 1 aliphatic rings. The summed E-state index contributed by atoms with van der Waals surface area (Å²) in [5.41, 5.74) is 11.3. The second-order valence-electron chi connectivity index (χ2n) is 9.92. The van der Waals surface area contributed by atoms with E-state index < -0.39 is 0 Å². The van der Waals surface area contributed by atoms with Crippen molar-refractivity contribution in [3.05, 3.63) is 51.3 Å². The number of ether oxygens (including phenoxy) is 1. The van der Waals surface area contributed by atoms with E-state index in [4.69, 9.17) is 14.8 Å². The first kappa shape index (κ1) is 23.7. The maximum Gasteiger partial charge on any atom is 0.157 e. The molecule has 5 heteroatoms. The standard InChI is InChI=1S/C28H40N4O/c1-9-22(10-2)15-25-17(3)13-18(4)27(20(25)6)31-23(16-33-8)11-12-24-21(7)29-26-14-19(5)30-32(26)28(24)31/h13-14,22-23H,9-12,15-16H2,1-8H3. The number of aromatic nitrogens is 3. The molecule has 1 atom stereocenters. The molecule has 1 unspecified atom stereocenters. The summed E-state index contributed by atoms with van der Waals surface area (Å²) >= 11 is 0. The van der Waals surface area contributed by atoms with Crippen molar-refractivity contribution in [2.24, 2.45) is 5.92 Å². The lowest BCUT2D eigenvalue weighted by molar-refractivity contribution is 0.174. The molecule has 0 fully saturated rings. The molecule has 2 aromatic heterocycles. The van der Waals surface area contributed by atoms with Gasteiger partial charge in [-0.25, -0.2) is 4.98 Å². The summed E-state index contributed by atoms with van der Waals surface area (Å²) in [5, 5.41) is 4.88. The smallest absolute Gasteiger partial charge is 0.157 e. The van der Waals surface area contributed by atoms with Gasteiger partial charge >= 0.3 is 0 Å². The predicted molar refractivity (Wildman–Crippen MR) is 137 cm³/mol. The topological polar surface area (TPSA) is 42.7 Å². The summed E-state index contributed by atoms with van der Waals surface area (Å²) < 4.78 is 7.81. The van der Waals surface area contributed by atoms with E-state index >= 15 is 0 Å². The SMILES string of the molecule is CCC(CC)Cc1c(C)cc(C)c(N2c3c(c(C)nc4cc(C)nn34)CCC2COC)c1C. The van der Waals surface area contributed by atoms with Crippen LogP contribution in [-0.2, 0) is 17.6 Å². The van der Waals surface area contributed by atoms with Crippen molar-refractivity contribution in [2.45, 2.75) is 86.6 Å². The minimum atomic E-state index is 0.262. The lowest BCUT2D eigenvalue weighted by atomic mass is 9.86. The van der Waals surface area contributed by atoms with Gasteiger partial charge in [-0.2, -0.15) is 9.61 Å². The van der Waals surface area contributed by atoms with Gasteiger partial charge < -0.3 is 9.64 Å². The van der Waals surface area contributed by atoms with E-state index in [2.05, 4.69) is 63.1 Å². The van der Waals surface area contributed by atoms with Crippen LogP contribution in [0.4, 0.5) is 11.5 Å². The summed E-state index contributed by atoms with van der Waals surface area (Å²) in [5.74, 6) is 1.88. The molecule has 0 spiro atoms. The maximum atomic E-state index is 5.74. The highest BCUT2D eigenvalue weighted by Gasteiger charge is 2.34. The summed E-state index contributed by atoms with van der Waals surface area (Å²) in [6.07, 6.45) is 5.62. The van der Waals surface area contributed by atoms with E-state index in [1.54, 1.807) is 0 Å². The molecule has 0 radical (unpaired) electrons. The number of aryl methyl sites for hydroxylation is 4. The number of benzene rings is 1. The molecule has 33 heavy (non-hydrogen) atoms. The minimum Gasteiger partial charge on any atom is -0.383 e. The lowest BCUT2D eigenvalue weighted by Gasteiger charge is -2.41. The third-order valence-corrected chi connectivity index (χ3v) is 7.66. The first-order chi connectivity index (χ1) is 15.8. The molecule has 0 amide bonds. The average molecular weight is 449 g/mol. The largest absolute Gasteiger partial charge is 0.383 e. The van der Waals surface area contributed by atoms with Crippen molar-refractivity contribution >= 4 is 17.2 Å². The summed E-state index contributed by atoms with van der Waals surface area (Å²) in [6, 6.07) is 4.73. The highest BCUT2D eigenvalue weighted by atomic mass is 16.5. The molecule has 178 valence electrons. The molecule has 3 heterocycles. The van der Waals surface area contributed by atoms with Crippen LogP contribution in [0, 0.1) is 40.5 Å². The number of hydrogen-bond acceptors (Lipinski definition) is 4. The Labute approximate surface area is 199 Å². The zero-order valence-electron chi connectivity index (χ0n) is 21.7. The summed E-state index contributed by atoms with van der Waals surface area (Å²) in [6.45, 7) is 16.4. The maximum absolute atomic E-state index is 5.74. The van der Waals surface area contributed by atoms with E-state index in [9.17, 15) is 0 Å². The fraction of sp³-hybridized carbons (Fsp3) is 0.571. The van der Waals surface area contributed by atoms with Crippen LogP contribution >= 0.6 is 0 Å². The first-order valence-corrected chi connectivity index (χ1v) is 12.5. The molecule has 0 bridgehead atoms. The van der Waals surface area contributed by atoms with Gasteiger partial charge in [-0.1, -0.05) is 32.8 Å². The van der Waals surface area contributed by atoms with Gasteiger partial charge in [-0.3, -0.25) is 0 Å². The van der Waals surface area contributed by atoms with Crippen LogP contribution in [0.5, 0.6) is 0 Å². The Morgan fingerprint density at radius 2 is 1.79 bits per heavy atom. The number of hydrogen-bond donors (Lipinski definition) is 0. The Morgan fingerprint density at radius 3 is 2.45 bits per heavy atom. The van der Waals surface area contributed by atoms with Crippen LogP contribution in [0.3, 0.4) is 0 Å². The van der Waals surface area contributed by atoms with Gasteiger partial charge in [0.25, 0.3) is 0 Å².